The van der Waals surface area contributed by atoms with Crippen LogP contribution < -0.4 is 5.32 Å². The molecule has 2 heterocycles. The lowest BCUT2D eigenvalue weighted by molar-refractivity contribution is -0.0557. The summed E-state index contributed by atoms with van der Waals surface area (Å²) in [7, 11) is 2.12. The number of nitrogens with zero attached hydrogens (tertiary/aromatic N) is 4. The van der Waals surface area contributed by atoms with Gasteiger partial charge in [0.25, 0.3) is 0 Å². The number of benzene rings is 1. The molecule has 2 atom stereocenters. The highest BCUT2D eigenvalue weighted by atomic mass is 16.5. The number of nitrogens with one attached hydrogen (secondary N) is 1. The van der Waals surface area contributed by atoms with Gasteiger partial charge in [0.1, 0.15) is 11.9 Å². The lowest BCUT2D eigenvalue weighted by Gasteiger charge is -2.39. The van der Waals surface area contributed by atoms with E-state index in [2.05, 4.69) is 39.4 Å². The van der Waals surface area contributed by atoms with Crippen LogP contribution in [0.4, 0.5) is 5.82 Å². The topological polar surface area (TPSA) is 74.1 Å². The molecule has 1 aromatic carbocycles. The first kappa shape index (κ1) is 15.4. The number of aromatic nitrogens is 2. The molecule has 2 aromatic rings. The van der Waals surface area contributed by atoms with E-state index in [0.717, 1.165) is 6.54 Å². The summed E-state index contributed by atoms with van der Waals surface area (Å²) in [6, 6.07) is 12.5. The molecule has 0 unspecified atom stereocenters. The van der Waals surface area contributed by atoms with Gasteiger partial charge in [0.15, 0.2) is 5.69 Å². The normalized spacial score (nSPS) is 21.6. The molecule has 3 rings (SSSR count). The summed E-state index contributed by atoms with van der Waals surface area (Å²) in [5.41, 5.74) is 1.55. The van der Waals surface area contributed by atoms with Crippen molar-refractivity contribution >= 4 is 5.82 Å². The van der Waals surface area contributed by atoms with E-state index in [1.54, 1.807) is 6.20 Å². The molecule has 0 radical (unpaired) electrons. The van der Waals surface area contributed by atoms with Crippen LogP contribution in [0.2, 0.25) is 0 Å². The van der Waals surface area contributed by atoms with Crippen LogP contribution in [0.15, 0.2) is 42.7 Å². The van der Waals surface area contributed by atoms with Crippen molar-refractivity contribution in [3.05, 3.63) is 54.0 Å². The Balaban J connectivity index is 1.70. The maximum Gasteiger partial charge on any atom is 0.158 e. The molecule has 118 valence electrons. The van der Waals surface area contributed by atoms with Gasteiger partial charge in [-0.15, -0.1) is 0 Å². The van der Waals surface area contributed by atoms with Crippen LogP contribution in [0.3, 0.4) is 0 Å². The fourth-order valence-corrected chi connectivity index (χ4v) is 2.83. The zero-order valence-electron chi connectivity index (χ0n) is 13.0. The summed E-state index contributed by atoms with van der Waals surface area (Å²) in [6.07, 6.45) is 3.06. The first-order valence-electron chi connectivity index (χ1n) is 7.61. The molecule has 1 aromatic heterocycles. The van der Waals surface area contributed by atoms with Gasteiger partial charge in [0, 0.05) is 13.1 Å². The summed E-state index contributed by atoms with van der Waals surface area (Å²) in [5.74, 6) is 0.646. The van der Waals surface area contributed by atoms with E-state index in [4.69, 9.17) is 10.00 Å². The van der Waals surface area contributed by atoms with Crippen molar-refractivity contribution in [3.63, 3.8) is 0 Å². The van der Waals surface area contributed by atoms with Gasteiger partial charge in [-0.1, -0.05) is 30.3 Å². The van der Waals surface area contributed by atoms with Gasteiger partial charge in [-0.3, -0.25) is 4.90 Å². The van der Waals surface area contributed by atoms with Gasteiger partial charge in [-0.25, -0.2) is 9.97 Å². The predicted molar refractivity (Wildman–Crippen MR) is 86.8 cm³/mol. The van der Waals surface area contributed by atoms with Crippen LogP contribution in [0.1, 0.15) is 17.3 Å². The lowest BCUT2D eigenvalue weighted by Crippen LogP contribution is -2.46. The highest BCUT2D eigenvalue weighted by Crippen LogP contribution is 2.28. The van der Waals surface area contributed by atoms with Crippen LogP contribution in [0.25, 0.3) is 0 Å². The molecule has 6 nitrogen and oxygen atoms in total. The number of nitriles is 1. The summed E-state index contributed by atoms with van der Waals surface area (Å²) in [4.78, 5) is 10.5. The Morgan fingerprint density at radius 2 is 2.13 bits per heavy atom. The lowest BCUT2D eigenvalue weighted by atomic mass is 9.98. The van der Waals surface area contributed by atoms with Crippen LogP contribution in [-0.2, 0) is 4.74 Å². The molecule has 0 bridgehead atoms. The maximum atomic E-state index is 8.75. The van der Waals surface area contributed by atoms with Crippen LogP contribution in [0.5, 0.6) is 0 Å². The van der Waals surface area contributed by atoms with E-state index in [1.807, 2.05) is 24.3 Å². The van der Waals surface area contributed by atoms with Crippen LogP contribution >= 0.6 is 0 Å². The highest BCUT2D eigenvalue weighted by Gasteiger charge is 2.31. The van der Waals surface area contributed by atoms with Crippen molar-refractivity contribution in [1.29, 1.82) is 5.26 Å². The SMILES string of the molecule is CN1CCO[C@@H](CNc2cnc(C#N)cn2)[C@@H]1c1ccccc1. The Hall–Kier alpha value is -2.49. The van der Waals surface area contributed by atoms with Gasteiger partial charge < -0.3 is 10.1 Å². The predicted octanol–water partition coefficient (Wildman–Crippen LogP) is 1.83. The molecule has 1 saturated heterocycles. The molecular weight excluding hydrogens is 290 g/mol. The number of likely N-dealkylation sites (N-methyl/N-ethyl adjacent to an activating group) is 1. The van der Waals surface area contributed by atoms with E-state index in [-0.39, 0.29) is 12.1 Å². The fraction of sp³-hybridized carbons (Fsp3) is 0.353. The summed E-state index contributed by atoms with van der Waals surface area (Å²) in [6.45, 7) is 2.25. The Morgan fingerprint density at radius 3 is 2.83 bits per heavy atom. The number of ether oxygens (including phenoxy) is 1. The molecule has 23 heavy (non-hydrogen) atoms. The smallest absolute Gasteiger partial charge is 0.158 e. The standard InChI is InChI=1S/C17H19N5O/c1-22-7-8-23-15(17(22)13-5-3-2-4-6-13)11-21-16-12-19-14(9-18)10-20-16/h2-6,10,12,15,17H,7-8,11H2,1H3,(H,20,21)/t15-,17-/m0/s1. The van der Waals surface area contributed by atoms with Gasteiger partial charge in [-0.2, -0.15) is 5.26 Å². The van der Waals surface area contributed by atoms with Gasteiger partial charge in [0.2, 0.25) is 0 Å². The third-order valence-corrected chi connectivity index (χ3v) is 3.99. The number of rotatable bonds is 4. The zero-order chi connectivity index (χ0) is 16.1. The number of hydrogen-bond donors (Lipinski definition) is 1. The number of morpholine rings is 1. The van der Waals surface area contributed by atoms with E-state index >= 15 is 0 Å². The Bertz CT molecular complexity index is 668. The molecular formula is C17H19N5O. The van der Waals surface area contributed by atoms with E-state index in [1.165, 1.54) is 11.8 Å². The Kier molecular flexibility index (Phi) is 4.81. The Labute approximate surface area is 135 Å². The van der Waals surface area contributed by atoms with E-state index in [0.29, 0.717) is 24.7 Å². The van der Waals surface area contributed by atoms with Crippen molar-refractivity contribution in [2.45, 2.75) is 12.1 Å². The number of hydrogen-bond acceptors (Lipinski definition) is 6. The second kappa shape index (κ2) is 7.18. The molecule has 1 fully saturated rings. The second-order valence-electron chi connectivity index (χ2n) is 5.52. The van der Waals surface area contributed by atoms with Gasteiger partial charge >= 0.3 is 0 Å². The minimum absolute atomic E-state index is 0.0218. The summed E-state index contributed by atoms with van der Waals surface area (Å²) >= 11 is 0. The zero-order valence-corrected chi connectivity index (χ0v) is 13.0. The Morgan fingerprint density at radius 1 is 1.30 bits per heavy atom. The molecule has 0 saturated carbocycles. The second-order valence-corrected chi connectivity index (χ2v) is 5.52. The molecule has 6 heteroatoms. The first-order chi connectivity index (χ1) is 11.3. The minimum Gasteiger partial charge on any atom is -0.373 e. The molecule has 0 spiro atoms. The highest BCUT2D eigenvalue weighted by molar-refractivity contribution is 5.33. The van der Waals surface area contributed by atoms with E-state index in [9.17, 15) is 0 Å². The van der Waals surface area contributed by atoms with Crippen molar-refractivity contribution in [2.75, 3.05) is 32.1 Å². The maximum absolute atomic E-state index is 8.75. The third kappa shape index (κ3) is 3.65. The average Bonchev–Trinajstić information content (AvgIpc) is 2.61. The van der Waals surface area contributed by atoms with Crippen molar-refractivity contribution in [2.24, 2.45) is 0 Å². The van der Waals surface area contributed by atoms with Crippen molar-refractivity contribution in [1.82, 2.24) is 14.9 Å². The monoisotopic (exact) mass is 309 g/mol. The van der Waals surface area contributed by atoms with Gasteiger partial charge in [0.05, 0.1) is 31.1 Å². The van der Waals surface area contributed by atoms with Crippen molar-refractivity contribution < 1.29 is 4.74 Å². The fourth-order valence-electron chi connectivity index (χ4n) is 2.83. The molecule has 1 N–H and O–H groups in total. The van der Waals surface area contributed by atoms with Crippen LogP contribution in [-0.4, -0.2) is 47.7 Å². The minimum atomic E-state index is 0.0218. The van der Waals surface area contributed by atoms with Gasteiger partial charge in [-0.05, 0) is 12.6 Å². The summed E-state index contributed by atoms with van der Waals surface area (Å²) in [5, 5.41) is 12.0. The van der Waals surface area contributed by atoms with E-state index < -0.39 is 0 Å². The van der Waals surface area contributed by atoms with Crippen LogP contribution in [0, 0.1) is 11.3 Å². The molecule has 0 aliphatic carbocycles. The molecule has 0 amide bonds. The third-order valence-electron chi connectivity index (χ3n) is 3.99. The summed E-state index contributed by atoms with van der Waals surface area (Å²) < 4.78 is 5.98. The average molecular weight is 309 g/mol. The quantitative estimate of drug-likeness (QED) is 0.929. The van der Waals surface area contributed by atoms with Crippen molar-refractivity contribution in [3.8, 4) is 6.07 Å². The first-order valence-corrected chi connectivity index (χ1v) is 7.61. The molecule has 1 aliphatic rings. The number of anilines is 1. The largest absolute Gasteiger partial charge is 0.373 e. The molecule has 1 aliphatic heterocycles.